The fourth-order valence-corrected chi connectivity index (χ4v) is 3.87. The molecule has 2 aromatic rings. The molecular weight excluding hydrogens is 300 g/mol. The Bertz CT molecular complexity index is 671. The van der Waals surface area contributed by atoms with Gasteiger partial charge >= 0.3 is 0 Å². The first-order valence-corrected chi connectivity index (χ1v) is 7.77. The second-order valence-corrected chi connectivity index (χ2v) is 6.08. The van der Waals surface area contributed by atoms with E-state index in [1.807, 2.05) is 28.9 Å². The van der Waals surface area contributed by atoms with Crippen molar-refractivity contribution in [3.05, 3.63) is 36.3 Å². The average Bonchev–Trinajstić information content (AvgIpc) is 3.20. The summed E-state index contributed by atoms with van der Waals surface area (Å²) in [6.45, 7) is 3.21. The van der Waals surface area contributed by atoms with Crippen molar-refractivity contribution in [3.63, 3.8) is 0 Å². The summed E-state index contributed by atoms with van der Waals surface area (Å²) < 4.78 is 1.88. The molecule has 2 atom stereocenters. The van der Waals surface area contributed by atoms with Crippen molar-refractivity contribution in [2.24, 2.45) is 5.92 Å². The van der Waals surface area contributed by atoms with Crippen molar-refractivity contribution in [1.82, 2.24) is 19.6 Å². The van der Waals surface area contributed by atoms with Crippen LogP contribution in [0.3, 0.4) is 0 Å². The van der Waals surface area contributed by atoms with Crippen molar-refractivity contribution in [2.45, 2.75) is 25.3 Å². The quantitative estimate of drug-likeness (QED) is 0.940. The number of hydrogen-bond acceptors (Lipinski definition) is 3. The lowest BCUT2D eigenvalue weighted by atomic mass is 9.98. The van der Waals surface area contributed by atoms with Crippen LogP contribution in [0, 0.1) is 5.92 Å². The van der Waals surface area contributed by atoms with E-state index in [-0.39, 0.29) is 18.3 Å². The Labute approximate surface area is 136 Å². The summed E-state index contributed by atoms with van der Waals surface area (Å²) in [6.07, 6.45) is 9.29. The number of aromatic nitrogens is 2. The molecule has 6 heteroatoms. The molecule has 0 aliphatic carbocycles. The Morgan fingerprint density at radius 3 is 3.14 bits per heavy atom. The first-order chi connectivity index (χ1) is 10.3. The summed E-state index contributed by atoms with van der Waals surface area (Å²) in [7, 11) is 0. The highest BCUT2D eigenvalue weighted by Crippen LogP contribution is 2.32. The number of carbonyl (C=O) groups is 1. The number of nitrogens with one attached hydrogen (secondary N) is 1. The largest absolute Gasteiger partial charge is 0.352 e. The van der Waals surface area contributed by atoms with Gasteiger partial charge < -0.3 is 14.6 Å². The SMILES string of the molecule is Cl.O=C(NC[C@@H]1CCN2CCC[C@@H]12)c1cccn2ccnc12. The average molecular weight is 321 g/mol. The van der Waals surface area contributed by atoms with Gasteiger partial charge in [-0.2, -0.15) is 0 Å². The molecule has 0 saturated carbocycles. The fraction of sp³-hybridized carbons (Fsp3) is 0.500. The van der Waals surface area contributed by atoms with Crippen LogP contribution >= 0.6 is 12.4 Å². The van der Waals surface area contributed by atoms with Crippen LogP contribution in [0.15, 0.2) is 30.7 Å². The summed E-state index contributed by atoms with van der Waals surface area (Å²) in [5.74, 6) is 0.596. The first kappa shape index (κ1) is 15.3. The van der Waals surface area contributed by atoms with Crippen molar-refractivity contribution in [2.75, 3.05) is 19.6 Å². The molecule has 0 unspecified atom stereocenters. The van der Waals surface area contributed by atoms with Gasteiger partial charge in [0.2, 0.25) is 0 Å². The molecule has 2 fully saturated rings. The van der Waals surface area contributed by atoms with Gasteiger partial charge in [0.05, 0.1) is 5.56 Å². The van der Waals surface area contributed by atoms with Gasteiger partial charge in [-0.3, -0.25) is 4.79 Å². The van der Waals surface area contributed by atoms with E-state index in [9.17, 15) is 4.79 Å². The number of carbonyl (C=O) groups excluding carboxylic acids is 1. The molecule has 118 valence electrons. The van der Waals surface area contributed by atoms with E-state index in [1.165, 1.54) is 32.4 Å². The van der Waals surface area contributed by atoms with Gasteiger partial charge in [0.1, 0.15) is 5.65 Å². The zero-order valence-electron chi connectivity index (χ0n) is 12.4. The standard InChI is InChI=1S/C16H20N4O.ClH/c21-16(13-3-1-8-20-10-6-17-15(13)20)18-11-12-5-9-19-7-2-4-14(12)19;/h1,3,6,8,10,12,14H,2,4-5,7,9,11H2,(H,18,21);1H/t12-,14-;/m0./s1. The number of fused-ring (bicyclic) bond motifs is 2. The number of imidazole rings is 1. The minimum Gasteiger partial charge on any atom is -0.352 e. The summed E-state index contributed by atoms with van der Waals surface area (Å²) in [5, 5.41) is 3.12. The Morgan fingerprint density at radius 1 is 1.32 bits per heavy atom. The molecule has 2 aliphatic heterocycles. The van der Waals surface area contributed by atoms with Gasteiger partial charge in [-0.15, -0.1) is 12.4 Å². The molecule has 4 rings (SSSR count). The Kier molecular flexibility index (Phi) is 4.36. The van der Waals surface area contributed by atoms with Crippen molar-refractivity contribution >= 4 is 24.0 Å². The van der Waals surface area contributed by atoms with Gasteiger partial charge in [0, 0.05) is 31.2 Å². The Hall–Kier alpha value is -1.59. The molecule has 1 N–H and O–H groups in total. The molecule has 0 bridgehead atoms. The van der Waals surface area contributed by atoms with Crippen LogP contribution in [0.5, 0.6) is 0 Å². The zero-order valence-corrected chi connectivity index (χ0v) is 13.3. The highest BCUT2D eigenvalue weighted by molar-refractivity contribution is 5.99. The summed E-state index contributed by atoms with van der Waals surface area (Å²) in [6, 6.07) is 4.42. The Balaban J connectivity index is 0.00000144. The predicted molar refractivity (Wildman–Crippen MR) is 87.5 cm³/mol. The monoisotopic (exact) mass is 320 g/mol. The van der Waals surface area contributed by atoms with Gasteiger partial charge in [-0.1, -0.05) is 0 Å². The van der Waals surface area contributed by atoms with Gasteiger partial charge in [-0.05, 0) is 50.4 Å². The third-order valence-electron chi connectivity index (χ3n) is 4.93. The zero-order chi connectivity index (χ0) is 14.2. The molecular formula is C16H21ClN4O. The normalized spacial score (nSPS) is 24.2. The maximum absolute atomic E-state index is 12.4. The van der Waals surface area contributed by atoms with E-state index >= 15 is 0 Å². The molecule has 5 nitrogen and oxygen atoms in total. The van der Waals surface area contributed by atoms with Crippen molar-refractivity contribution in [1.29, 1.82) is 0 Å². The fourth-order valence-electron chi connectivity index (χ4n) is 3.87. The van der Waals surface area contributed by atoms with Crippen molar-refractivity contribution in [3.8, 4) is 0 Å². The van der Waals surface area contributed by atoms with E-state index in [0.29, 0.717) is 17.5 Å². The lowest BCUT2D eigenvalue weighted by Gasteiger charge is -2.20. The van der Waals surface area contributed by atoms with Gasteiger partial charge in [0.15, 0.2) is 0 Å². The topological polar surface area (TPSA) is 49.6 Å². The minimum absolute atomic E-state index is 0. The molecule has 22 heavy (non-hydrogen) atoms. The highest BCUT2D eigenvalue weighted by atomic mass is 35.5. The maximum Gasteiger partial charge on any atom is 0.255 e. The van der Waals surface area contributed by atoms with E-state index < -0.39 is 0 Å². The first-order valence-electron chi connectivity index (χ1n) is 7.77. The number of hydrogen-bond donors (Lipinski definition) is 1. The van der Waals surface area contributed by atoms with E-state index in [2.05, 4.69) is 15.2 Å². The highest BCUT2D eigenvalue weighted by Gasteiger charge is 2.36. The molecule has 0 aromatic carbocycles. The molecule has 0 spiro atoms. The van der Waals surface area contributed by atoms with Crippen LogP contribution in [-0.2, 0) is 0 Å². The number of pyridine rings is 1. The molecule has 0 radical (unpaired) electrons. The lowest BCUT2D eigenvalue weighted by Crippen LogP contribution is -2.35. The molecule has 4 heterocycles. The minimum atomic E-state index is -0.0109. The van der Waals surface area contributed by atoms with Crippen molar-refractivity contribution < 1.29 is 4.79 Å². The van der Waals surface area contributed by atoms with Crippen LogP contribution < -0.4 is 5.32 Å². The second-order valence-electron chi connectivity index (χ2n) is 6.08. The summed E-state index contributed by atoms with van der Waals surface area (Å²) in [5.41, 5.74) is 1.38. The van der Waals surface area contributed by atoms with Gasteiger partial charge in [-0.25, -0.2) is 4.98 Å². The molecule has 2 aliphatic rings. The van der Waals surface area contributed by atoms with E-state index in [1.54, 1.807) is 6.20 Å². The third kappa shape index (κ3) is 2.59. The number of amides is 1. The molecule has 2 saturated heterocycles. The maximum atomic E-state index is 12.4. The predicted octanol–water partition coefficient (Wildman–Crippen LogP) is 1.97. The number of nitrogens with zero attached hydrogens (tertiary/aromatic N) is 3. The van der Waals surface area contributed by atoms with E-state index in [4.69, 9.17) is 0 Å². The van der Waals surface area contributed by atoms with Gasteiger partial charge in [0.25, 0.3) is 5.91 Å². The molecule has 2 aromatic heterocycles. The summed E-state index contributed by atoms with van der Waals surface area (Å²) >= 11 is 0. The third-order valence-corrected chi connectivity index (χ3v) is 4.93. The number of rotatable bonds is 3. The van der Waals surface area contributed by atoms with Crippen LogP contribution in [-0.4, -0.2) is 45.9 Å². The van der Waals surface area contributed by atoms with Crippen LogP contribution in [0.4, 0.5) is 0 Å². The smallest absolute Gasteiger partial charge is 0.255 e. The van der Waals surface area contributed by atoms with Crippen LogP contribution in [0.1, 0.15) is 29.6 Å². The number of halogens is 1. The second kappa shape index (κ2) is 6.26. The lowest BCUT2D eigenvalue weighted by molar-refractivity contribution is 0.0945. The summed E-state index contributed by atoms with van der Waals surface area (Å²) in [4.78, 5) is 19.3. The Morgan fingerprint density at radius 2 is 2.23 bits per heavy atom. The van der Waals surface area contributed by atoms with Crippen LogP contribution in [0.2, 0.25) is 0 Å². The van der Waals surface area contributed by atoms with E-state index in [0.717, 1.165) is 12.2 Å². The van der Waals surface area contributed by atoms with Crippen LogP contribution in [0.25, 0.3) is 5.65 Å². The molecule has 1 amide bonds.